The lowest BCUT2D eigenvalue weighted by Crippen LogP contribution is -2.00. The Bertz CT molecular complexity index is 744. The Morgan fingerprint density at radius 1 is 0.950 bits per heavy atom. The lowest BCUT2D eigenvalue weighted by Gasteiger charge is -2.10. The third-order valence-corrected chi connectivity index (χ3v) is 3.92. The van der Waals surface area contributed by atoms with Crippen molar-refractivity contribution in [2.75, 3.05) is 5.32 Å². The minimum Gasteiger partial charge on any atom is -0.380 e. The van der Waals surface area contributed by atoms with Crippen LogP contribution in [0.2, 0.25) is 5.02 Å². The molecule has 0 saturated heterocycles. The molecule has 3 aromatic rings. The van der Waals surface area contributed by atoms with Gasteiger partial charge in [0.15, 0.2) is 0 Å². The quantitative estimate of drug-likeness (QED) is 0.676. The van der Waals surface area contributed by atoms with Crippen molar-refractivity contribution in [3.63, 3.8) is 0 Å². The van der Waals surface area contributed by atoms with Crippen LogP contribution >= 0.6 is 11.6 Å². The van der Waals surface area contributed by atoms with E-state index in [1.54, 1.807) is 0 Å². The number of hydrogen-bond acceptors (Lipinski definition) is 1. The maximum atomic E-state index is 6.16. The fourth-order valence-electron chi connectivity index (χ4n) is 2.32. The molecular formula is C18H16ClN. The molecular weight excluding hydrogens is 266 g/mol. The number of halogens is 1. The maximum absolute atomic E-state index is 6.16. The summed E-state index contributed by atoms with van der Waals surface area (Å²) in [7, 11) is 0. The van der Waals surface area contributed by atoms with Crippen molar-refractivity contribution < 1.29 is 0 Å². The van der Waals surface area contributed by atoms with E-state index in [-0.39, 0.29) is 0 Å². The van der Waals surface area contributed by atoms with Crippen molar-refractivity contribution in [3.8, 4) is 0 Å². The van der Waals surface area contributed by atoms with Crippen molar-refractivity contribution in [2.24, 2.45) is 0 Å². The van der Waals surface area contributed by atoms with E-state index < -0.39 is 0 Å². The van der Waals surface area contributed by atoms with Crippen LogP contribution in [0.4, 0.5) is 5.69 Å². The maximum Gasteiger partial charge on any atom is 0.0438 e. The van der Waals surface area contributed by atoms with E-state index in [9.17, 15) is 0 Å². The molecule has 0 aliphatic heterocycles. The number of anilines is 1. The molecule has 0 saturated carbocycles. The van der Waals surface area contributed by atoms with E-state index in [4.69, 9.17) is 11.6 Å². The summed E-state index contributed by atoms with van der Waals surface area (Å²) < 4.78 is 0. The van der Waals surface area contributed by atoms with Gasteiger partial charge < -0.3 is 5.32 Å². The van der Waals surface area contributed by atoms with E-state index in [1.165, 1.54) is 16.3 Å². The zero-order chi connectivity index (χ0) is 13.9. The molecule has 0 aliphatic carbocycles. The Morgan fingerprint density at radius 3 is 2.60 bits per heavy atom. The number of nitrogens with one attached hydrogen (secondary N) is 1. The summed E-state index contributed by atoms with van der Waals surface area (Å²) in [6.45, 7) is 2.79. The van der Waals surface area contributed by atoms with Gasteiger partial charge in [0.25, 0.3) is 0 Å². The molecule has 0 radical (unpaired) electrons. The molecule has 0 unspecified atom stereocenters. The van der Waals surface area contributed by atoms with Gasteiger partial charge in [-0.15, -0.1) is 0 Å². The molecule has 3 aromatic carbocycles. The lowest BCUT2D eigenvalue weighted by molar-refractivity contribution is 1.15. The topological polar surface area (TPSA) is 12.0 Å². The van der Waals surface area contributed by atoms with E-state index in [1.807, 2.05) is 13.0 Å². The summed E-state index contributed by atoms with van der Waals surface area (Å²) in [5, 5.41) is 6.81. The van der Waals surface area contributed by atoms with Gasteiger partial charge in [0.05, 0.1) is 0 Å². The van der Waals surface area contributed by atoms with Crippen LogP contribution in [-0.2, 0) is 6.54 Å². The van der Waals surface area contributed by atoms with Gasteiger partial charge in [-0.2, -0.15) is 0 Å². The fourth-order valence-corrected chi connectivity index (χ4v) is 2.53. The number of aryl methyl sites for hydroxylation is 1. The highest BCUT2D eigenvalue weighted by Crippen LogP contribution is 2.24. The van der Waals surface area contributed by atoms with Crippen LogP contribution in [0, 0.1) is 6.92 Å². The van der Waals surface area contributed by atoms with E-state index in [2.05, 4.69) is 59.9 Å². The van der Waals surface area contributed by atoms with Crippen molar-refractivity contribution in [3.05, 3.63) is 76.8 Å². The second kappa shape index (κ2) is 5.56. The smallest absolute Gasteiger partial charge is 0.0438 e. The van der Waals surface area contributed by atoms with Crippen LogP contribution in [0.25, 0.3) is 10.8 Å². The minimum absolute atomic E-state index is 0.772. The first-order valence-corrected chi connectivity index (χ1v) is 7.08. The first kappa shape index (κ1) is 13.0. The molecule has 2 heteroatoms. The minimum atomic E-state index is 0.772. The molecule has 3 rings (SSSR count). The van der Waals surface area contributed by atoms with Crippen LogP contribution in [-0.4, -0.2) is 0 Å². The molecule has 0 heterocycles. The third-order valence-electron chi connectivity index (χ3n) is 3.51. The summed E-state index contributed by atoms with van der Waals surface area (Å²) >= 11 is 6.16. The summed E-state index contributed by atoms with van der Waals surface area (Å²) in [5.74, 6) is 0. The highest BCUT2D eigenvalue weighted by molar-refractivity contribution is 6.31. The Balaban J connectivity index is 1.85. The van der Waals surface area contributed by atoms with Gasteiger partial charge >= 0.3 is 0 Å². The molecule has 20 heavy (non-hydrogen) atoms. The summed E-state index contributed by atoms with van der Waals surface area (Å²) in [4.78, 5) is 0. The van der Waals surface area contributed by atoms with Gasteiger partial charge in [0.1, 0.15) is 0 Å². The first-order chi connectivity index (χ1) is 9.74. The highest BCUT2D eigenvalue weighted by Gasteiger charge is 2.01. The van der Waals surface area contributed by atoms with E-state index >= 15 is 0 Å². The van der Waals surface area contributed by atoms with Crippen LogP contribution < -0.4 is 5.32 Å². The van der Waals surface area contributed by atoms with Crippen molar-refractivity contribution in [1.82, 2.24) is 0 Å². The Morgan fingerprint density at radius 2 is 1.75 bits per heavy atom. The average Bonchev–Trinajstić information content (AvgIpc) is 2.48. The van der Waals surface area contributed by atoms with Gasteiger partial charge in [-0.1, -0.05) is 60.1 Å². The number of benzene rings is 3. The van der Waals surface area contributed by atoms with Crippen molar-refractivity contribution in [1.29, 1.82) is 0 Å². The molecule has 100 valence electrons. The molecule has 1 N–H and O–H groups in total. The second-order valence-corrected chi connectivity index (χ2v) is 5.37. The Labute approximate surface area is 124 Å². The lowest BCUT2D eigenvalue weighted by atomic mass is 10.1. The normalized spacial score (nSPS) is 10.7. The highest BCUT2D eigenvalue weighted by atomic mass is 35.5. The third kappa shape index (κ3) is 2.63. The van der Waals surface area contributed by atoms with Gasteiger partial charge in [-0.3, -0.25) is 0 Å². The molecule has 0 fully saturated rings. The predicted octanol–water partition coefficient (Wildman–Crippen LogP) is 5.41. The van der Waals surface area contributed by atoms with E-state index in [0.29, 0.717) is 0 Å². The summed E-state index contributed by atoms with van der Waals surface area (Å²) in [5.41, 5.74) is 3.45. The average molecular weight is 282 g/mol. The molecule has 1 nitrogen and oxygen atoms in total. The SMILES string of the molecule is Cc1ccc(CNc2cccc3ccccc23)cc1Cl. The Kier molecular flexibility index (Phi) is 3.62. The zero-order valence-corrected chi connectivity index (χ0v) is 12.1. The molecule has 0 amide bonds. The second-order valence-electron chi connectivity index (χ2n) is 4.96. The number of rotatable bonds is 3. The standard InChI is InChI=1S/C18H16ClN/c1-13-9-10-14(11-17(13)19)12-20-18-8-4-6-15-5-2-3-7-16(15)18/h2-11,20H,12H2,1H3. The Hall–Kier alpha value is -1.99. The summed E-state index contributed by atoms with van der Waals surface area (Å²) in [6.07, 6.45) is 0. The van der Waals surface area contributed by atoms with Gasteiger partial charge in [-0.05, 0) is 35.6 Å². The van der Waals surface area contributed by atoms with Crippen molar-refractivity contribution >= 4 is 28.1 Å². The van der Waals surface area contributed by atoms with Crippen LogP contribution in [0.1, 0.15) is 11.1 Å². The van der Waals surface area contributed by atoms with E-state index in [0.717, 1.165) is 22.8 Å². The number of hydrogen-bond donors (Lipinski definition) is 1. The van der Waals surface area contributed by atoms with Gasteiger partial charge in [0, 0.05) is 22.6 Å². The molecule has 0 aliphatic rings. The molecule has 0 atom stereocenters. The number of fused-ring (bicyclic) bond motifs is 1. The largest absolute Gasteiger partial charge is 0.380 e. The van der Waals surface area contributed by atoms with Crippen LogP contribution in [0.3, 0.4) is 0 Å². The van der Waals surface area contributed by atoms with Gasteiger partial charge in [-0.25, -0.2) is 0 Å². The fraction of sp³-hybridized carbons (Fsp3) is 0.111. The first-order valence-electron chi connectivity index (χ1n) is 6.71. The van der Waals surface area contributed by atoms with Gasteiger partial charge in [0.2, 0.25) is 0 Å². The summed E-state index contributed by atoms with van der Waals surface area (Å²) in [6, 6.07) is 20.9. The zero-order valence-electron chi connectivity index (χ0n) is 11.4. The molecule has 0 aromatic heterocycles. The van der Waals surface area contributed by atoms with Crippen LogP contribution in [0.15, 0.2) is 60.7 Å². The van der Waals surface area contributed by atoms with Crippen LogP contribution in [0.5, 0.6) is 0 Å². The monoisotopic (exact) mass is 281 g/mol. The predicted molar refractivity (Wildman–Crippen MR) is 87.5 cm³/mol. The molecule has 0 spiro atoms. The molecule has 0 bridgehead atoms. The van der Waals surface area contributed by atoms with Crippen molar-refractivity contribution in [2.45, 2.75) is 13.5 Å².